The van der Waals surface area contributed by atoms with Gasteiger partial charge in [-0.15, -0.1) is 0 Å². The first kappa shape index (κ1) is 18.3. The van der Waals surface area contributed by atoms with E-state index in [9.17, 15) is 32.3 Å². The number of hydrogen-bond acceptors (Lipinski definition) is 2. The fourth-order valence-electron chi connectivity index (χ4n) is 4.88. The molecule has 27 heavy (non-hydrogen) atoms. The Morgan fingerprint density at radius 2 is 1.85 bits per heavy atom. The average Bonchev–Trinajstić information content (AvgIpc) is 3.15. The maximum Gasteiger partial charge on any atom is 0.416 e. The monoisotopic (exact) mass is 385 g/mol. The van der Waals surface area contributed by atoms with E-state index in [2.05, 4.69) is 0 Å². The molecule has 3 aliphatic rings. The van der Waals surface area contributed by atoms with Crippen LogP contribution in [0.25, 0.3) is 0 Å². The average molecular weight is 385 g/mol. The molecular weight excluding hydrogens is 366 g/mol. The van der Waals surface area contributed by atoms with Crippen LogP contribution in [0.1, 0.15) is 43.2 Å². The van der Waals surface area contributed by atoms with E-state index < -0.39 is 34.4 Å². The molecule has 1 amide bonds. The molecule has 2 atom stereocenters. The summed E-state index contributed by atoms with van der Waals surface area (Å²) in [7, 11) is 0. The topological polar surface area (TPSA) is 57.6 Å². The van der Waals surface area contributed by atoms with Gasteiger partial charge in [0.25, 0.3) is 0 Å². The molecule has 1 aromatic carbocycles. The summed E-state index contributed by atoms with van der Waals surface area (Å²) < 4.78 is 52.9. The van der Waals surface area contributed by atoms with Crippen LogP contribution in [0.2, 0.25) is 0 Å². The fourth-order valence-corrected chi connectivity index (χ4v) is 4.88. The first-order valence-corrected chi connectivity index (χ1v) is 9.00. The van der Waals surface area contributed by atoms with Gasteiger partial charge < -0.3 is 10.0 Å². The summed E-state index contributed by atoms with van der Waals surface area (Å²) in [5, 5.41) is 9.66. The van der Waals surface area contributed by atoms with Crippen molar-refractivity contribution < 1.29 is 32.3 Å². The number of fused-ring (bicyclic) bond motifs is 1. The van der Waals surface area contributed by atoms with Crippen molar-refractivity contribution in [2.24, 2.45) is 11.3 Å². The van der Waals surface area contributed by atoms with Crippen LogP contribution in [-0.4, -0.2) is 35.0 Å². The summed E-state index contributed by atoms with van der Waals surface area (Å²) in [6.45, 7) is 0.378. The minimum Gasteiger partial charge on any atom is -0.481 e. The number of amides is 1. The number of halogens is 4. The molecule has 146 valence electrons. The van der Waals surface area contributed by atoms with Crippen LogP contribution in [0.3, 0.4) is 0 Å². The minimum atomic E-state index is -4.70. The lowest BCUT2D eigenvalue weighted by Gasteiger charge is -2.26. The summed E-state index contributed by atoms with van der Waals surface area (Å²) in [5.41, 5.74) is -3.20. The number of carbonyl (C=O) groups excluding carboxylic acids is 1. The number of carboxylic acid groups (broad SMARTS) is 1. The Morgan fingerprint density at radius 3 is 2.41 bits per heavy atom. The minimum absolute atomic E-state index is 0.0289. The van der Waals surface area contributed by atoms with Gasteiger partial charge in [-0.1, -0.05) is 6.42 Å². The van der Waals surface area contributed by atoms with Gasteiger partial charge in [-0.05, 0) is 55.4 Å². The van der Waals surface area contributed by atoms with Crippen LogP contribution < -0.4 is 0 Å². The maximum atomic E-state index is 13.8. The number of carboxylic acids is 1. The highest BCUT2D eigenvalue weighted by molar-refractivity contribution is 5.92. The smallest absolute Gasteiger partial charge is 0.416 e. The molecule has 1 N–H and O–H groups in total. The molecule has 0 unspecified atom stereocenters. The molecule has 0 radical (unpaired) electrons. The predicted octanol–water partition coefficient (Wildman–Crippen LogP) is 3.59. The highest BCUT2D eigenvalue weighted by Crippen LogP contribution is 2.54. The van der Waals surface area contributed by atoms with Crippen LogP contribution in [0.4, 0.5) is 17.6 Å². The normalized spacial score (nSPS) is 28.9. The van der Waals surface area contributed by atoms with E-state index in [0.717, 1.165) is 25.0 Å². The zero-order valence-electron chi connectivity index (χ0n) is 14.5. The number of aliphatic carboxylic acids is 1. The number of benzene rings is 1. The number of hydrogen-bond donors (Lipinski definition) is 1. The molecular formula is C19H19F4NO3. The molecule has 0 bridgehead atoms. The number of carbonyl (C=O) groups is 2. The Morgan fingerprint density at radius 1 is 1.15 bits per heavy atom. The molecule has 0 spiro atoms. The van der Waals surface area contributed by atoms with Crippen molar-refractivity contribution in [1.82, 2.24) is 4.90 Å². The second-order valence-electron chi connectivity index (χ2n) is 8.04. The first-order valence-electron chi connectivity index (χ1n) is 9.00. The van der Waals surface area contributed by atoms with E-state index in [1.165, 1.54) is 4.90 Å². The molecule has 4 rings (SSSR count). The Kier molecular flexibility index (Phi) is 3.85. The predicted molar refractivity (Wildman–Crippen MR) is 86.3 cm³/mol. The third kappa shape index (κ3) is 2.72. The Labute approximate surface area is 153 Å². The summed E-state index contributed by atoms with van der Waals surface area (Å²) in [4.78, 5) is 26.4. The van der Waals surface area contributed by atoms with Crippen LogP contribution in [0, 0.1) is 17.2 Å². The molecule has 8 heteroatoms. The lowest BCUT2D eigenvalue weighted by Crippen LogP contribution is -2.41. The second kappa shape index (κ2) is 5.69. The van der Waals surface area contributed by atoms with E-state index in [-0.39, 0.29) is 23.9 Å². The molecule has 1 aromatic rings. The SMILES string of the molecule is O=C(N1C[C@@H]2CCC[C@@]2(C(=O)O)C1)C1(c2cc(F)cc(C(F)(F)F)c2)CC1. The number of likely N-dealkylation sites (tertiary alicyclic amines) is 1. The van der Waals surface area contributed by atoms with Gasteiger partial charge in [-0.2, -0.15) is 13.2 Å². The van der Waals surface area contributed by atoms with Gasteiger partial charge in [0.05, 0.1) is 16.4 Å². The van der Waals surface area contributed by atoms with E-state index in [4.69, 9.17) is 0 Å². The zero-order chi connectivity index (χ0) is 19.6. The number of nitrogens with zero attached hydrogens (tertiary/aromatic N) is 1. The van der Waals surface area contributed by atoms with Crippen LogP contribution >= 0.6 is 0 Å². The van der Waals surface area contributed by atoms with Gasteiger partial charge in [0, 0.05) is 13.1 Å². The summed E-state index contributed by atoms with van der Waals surface area (Å²) in [6.07, 6.45) is -2.00. The van der Waals surface area contributed by atoms with Crippen LogP contribution in [-0.2, 0) is 21.2 Å². The quantitative estimate of drug-likeness (QED) is 0.809. The molecule has 4 nitrogen and oxygen atoms in total. The van der Waals surface area contributed by atoms with Crippen molar-refractivity contribution in [2.75, 3.05) is 13.1 Å². The van der Waals surface area contributed by atoms with Crippen LogP contribution in [0.5, 0.6) is 0 Å². The van der Waals surface area contributed by atoms with Crippen molar-refractivity contribution >= 4 is 11.9 Å². The highest BCUT2D eigenvalue weighted by Gasteiger charge is 2.60. The van der Waals surface area contributed by atoms with E-state index in [1.54, 1.807) is 0 Å². The van der Waals surface area contributed by atoms with Crippen LogP contribution in [0.15, 0.2) is 18.2 Å². The molecule has 0 aromatic heterocycles. The standard InChI is InChI=1S/C19H19F4NO3/c20-14-7-12(6-13(8-14)19(21,22)23)17(4-5-17)15(25)24-9-11-2-1-3-18(11,10-24)16(26)27/h6-8,11H,1-5,9-10H2,(H,26,27)/t11-,18+/m0/s1. The molecule has 1 aliphatic heterocycles. The summed E-state index contributed by atoms with van der Waals surface area (Å²) in [5.74, 6) is -2.46. The van der Waals surface area contributed by atoms with E-state index >= 15 is 0 Å². The fraction of sp³-hybridized carbons (Fsp3) is 0.579. The Bertz CT molecular complexity index is 818. The molecule has 2 saturated carbocycles. The molecule has 1 heterocycles. The van der Waals surface area contributed by atoms with Gasteiger partial charge in [0.2, 0.25) is 5.91 Å². The van der Waals surface area contributed by atoms with Crippen molar-refractivity contribution in [2.45, 2.75) is 43.7 Å². The third-order valence-corrected chi connectivity index (χ3v) is 6.52. The first-order chi connectivity index (χ1) is 12.6. The molecule has 2 aliphatic carbocycles. The van der Waals surface area contributed by atoms with Crippen molar-refractivity contribution in [1.29, 1.82) is 0 Å². The van der Waals surface area contributed by atoms with Gasteiger partial charge >= 0.3 is 12.1 Å². The third-order valence-electron chi connectivity index (χ3n) is 6.52. The molecule has 1 saturated heterocycles. The van der Waals surface area contributed by atoms with Crippen molar-refractivity contribution in [3.8, 4) is 0 Å². The molecule has 3 fully saturated rings. The van der Waals surface area contributed by atoms with Gasteiger partial charge in [0.1, 0.15) is 5.82 Å². The zero-order valence-corrected chi connectivity index (χ0v) is 14.5. The van der Waals surface area contributed by atoms with Crippen molar-refractivity contribution in [3.63, 3.8) is 0 Å². The summed E-state index contributed by atoms with van der Waals surface area (Å²) in [6, 6.07) is 2.26. The Balaban J connectivity index is 1.64. The lowest BCUT2D eigenvalue weighted by atomic mass is 9.81. The van der Waals surface area contributed by atoms with Crippen molar-refractivity contribution in [3.05, 3.63) is 35.1 Å². The van der Waals surface area contributed by atoms with E-state index in [1.807, 2.05) is 0 Å². The number of rotatable bonds is 3. The van der Waals surface area contributed by atoms with Gasteiger partial charge in [-0.3, -0.25) is 9.59 Å². The van der Waals surface area contributed by atoms with E-state index in [0.29, 0.717) is 31.9 Å². The van der Waals surface area contributed by atoms with Gasteiger partial charge in [-0.25, -0.2) is 4.39 Å². The largest absolute Gasteiger partial charge is 0.481 e. The Hall–Kier alpha value is -2.12. The maximum absolute atomic E-state index is 13.8. The van der Waals surface area contributed by atoms with Gasteiger partial charge in [0.15, 0.2) is 0 Å². The summed E-state index contributed by atoms with van der Waals surface area (Å²) >= 11 is 0. The lowest BCUT2D eigenvalue weighted by molar-refractivity contribution is -0.149. The second-order valence-corrected chi connectivity index (χ2v) is 8.04. The highest BCUT2D eigenvalue weighted by atomic mass is 19.4. The number of alkyl halides is 3.